The van der Waals surface area contributed by atoms with Gasteiger partial charge in [0.2, 0.25) is 5.65 Å². The maximum absolute atomic E-state index is 12.3. The van der Waals surface area contributed by atoms with Crippen molar-refractivity contribution in [3.8, 4) is 0 Å². The number of carbonyl (C=O) groups excluding carboxylic acids is 1. The van der Waals surface area contributed by atoms with Crippen molar-refractivity contribution in [2.45, 2.75) is 25.9 Å². The lowest BCUT2D eigenvalue weighted by Crippen LogP contribution is -2.36. The Morgan fingerprint density at radius 1 is 1.21 bits per heavy atom. The molecule has 0 radical (unpaired) electrons. The molecule has 2 amide bonds. The Balaban J connectivity index is 1.50. The molecular weight excluding hydrogens is 356 g/mol. The Morgan fingerprint density at radius 2 is 2.11 bits per heavy atom. The minimum Gasteiger partial charge on any atom is -0.331 e. The molecule has 0 spiro atoms. The van der Waals surface area contributed by atoms with Crippen molar-refractivity contribution in [1.29, 1.82) is 0 Å². The molecule has 4 heterocycles. The van der Waals surface area contributed by atoms with Crippen molar-refractivity contribution in [1.82, 2.24) is 35.3 Å². The van der Waals surface area contributed by atoms with Crippen molar-refractivity contribution >= 4 is 34.0 Å². The molecule has 1 aliphatic rings. The quantitative estimate of drug-likeness (QED) is 0.589. The number of fused-ring (bicyclic) bond motifs is 2. The summed E-state index contributed by atoms with van der Waals surface area (Å²) in [5.41, 5.74) is 2.68. The molecule has 1 N–H and O–H groups in total. The van der Waals surface area contributed by atoms with Crippen molar-refractivity contribution in [3.05, 3.63) is 48.3 Å². The normalized spacial score (nSPS) is 16.1. The van der Waals surface area contributed by atoms with Crippen LogP contribution in [0.15, 0.2) is 42.7 Å². The van der Waals surface area contributed by atoms with Crippen molar-refractivity contribution < 1.29 is 4.79 Å². The van der Waals surface area contributed by atoms with Gasteiger partial charge in [-0.3, -0.25) is 9.88 Å². The second kappa shape index (κ2) is 5.95. The Kier molecular flexibility index (Phi) is 3.51. The molecule has 0 unspecified atom stereocenters. The summed E-state index contributed by atoms with van der Waals surface area (Å²) in [6.45, 7) is 4.96. The third kappa shape index (κ3) is 2.81. The fraction of sp³-hybridized carbons (Fsp3) is 0.263. The third-order valence-electron chi connectivity index (χ3n) is 4.73. The topological polar surface area (TPSA) is 102 Å². The highest BCUT2D eigenvalue weighted by Crippen LogP contribution is 2.22. The van der Waals surface area contributed by atoms with Gasteiger partial charge >= 0.3 is 6.03 Å². The monoisotopic (exact) mass is 374 g/mol. The van der Waals surface area contributed by atoms with Gasteiger partial charge in [0, 0.05) is 11.6 Å². The molecule has 0 bridgehead atoms. The Morgan fingerprint density at radius 3 is 2.93 bits per heavy atom. The van der Waals surface area contributed by atoms with Gasteiger partial charge in [0.05, 0.1) is 30.3 Å². The summed E-state index contributed by atoms with van der Waals surface area (Å²) in [6, 6.07) is 9.83. The zero-order chi connectivity index (χ0) is 19.3. The van der Waals surface area contributed by atoms with E-state index in [-0.39, 0.29) is 11.6 Å². The van der Waals surface area contributed by atoms with E-state index in [1.54, 1.807) is 22.0 Å². The van der Waals surface area contributed by atoms with Gasteiger partial charge in [-0.25, -0.2) is 19.4 Å². The molecule has 1 aliphatic heterocycles. The summed E-state index contributed by atoms with van der Waals surface area (Å²) in [7, 11) is 0. The van der Waals surface area contributed by atoms with Gasteiger partial charge < -0.3 is 5.32 Å². The van der Waals surface area contributed by atoms with Crippen LogP contribution in [0.1, 0.15) is 19.4 Å². The average molecular weight is 374 g/mol. The fourth-order valence-corrected chi connectivity index (χ4v) is 3.43. The van der Waals surface area contributed by atoms with E-state index in [4.69, 9.17) is 0 Å². The molecule has 3 aromatic heterocycles. The molecule has 5 rings (SSSR count). The predicted molar refractivity (Wildman–Crippen MR) is 104 cm³/mol. The fourth-order valence-electron chi connectivity index (χ4n) is 3.43. The zero-order valence-corrected chi connectivity index (χ0v) is 15.5. The van der Waals surface area contributed by atoms with Crippen LogP contribution in [0.2, 0.25) is 0 Å². The van der Waals surface area contributed by atoms with Gasteiger partial charge in [-0.05, 0) is 37.6 Å². The Hall–Kier alpha value is -3.62. The predicted octanol–water partition coefficient (Wildman–Crippen LogP) is 2.13. The standard InChI is InChI=1S/C19H18N8O/c1-19(2)11-26(18(28)23-19)15-9-21-16-17(22-15)27(25-24-16)10-12-5-6-14-13(8-12)4-3-7-20-14/h3-9H,10-11H2,1-2H3,(H,23,28). The van der Waals surface area contributed by atoms with E-state index in [9.17, 15) is 4.79 Å². The molecule has 140 valence electrons. The Labute approximate surface area is 160 Å². The van der Waals surface area contributed by atoms with E-state index in [1.165, 1.54) is 0 Å². The highest BCUT2D eigenvalue weighted by Gasteiger charge is 2.36. The molecule has 4 aromatic rings. The van der Waals surface area contributed by atoms with E-state index in [0.29, 0.717) is 30.2 Å². The van der Waals surface area contributed by atoms with Crippen LogP contribution in [0.4, 0.5) is 10.6 Å². The molecule has 0 atom stereocenters. The lowest BCUT2D eigenvalue weighted by atomic mass is 10.1. The maximum atomic E-state index is 12.3. The Bertz CT molecular complexity index is 1210. The molecule has 28 heavy (non-hydrogen) atoms. The second-order valence-electron chi connectivity index (χ2n) is 7.55. The van der Waals surface area contributed by atoms with Gasteiger partial charge in [0.1, 0.15) is 0 Å². The lowest BCUT2D eigenvalue weighted by Gasteiger charge is -2.16. The summed E-state index contributed by atoms with van der Waals surface area (Å²) in [4.78, 5) is 27.2. The van der Waals surface area contributed by atoms with Crippen LogP contribution in [-0.2, 0) is 6.54 Å². The summed E-state index contributed by atoms with van der Waals surface area (Å²) >= 11 is 0. The number of aromatic nitrogens is 6. The molecule has 1 saturated heterocycles. The number of hydrogen-bond acceptors (Lipinski definition) is 6. The number of anilines is 1. The number of urea groups is 1. The first-order valence-electron chi connectivity index (χ1n) is 8.98. The summed E-state index contributed by atoms with van der Waals surface area (Å²) < 4.78 is 1.70. The van der Waals surface area contributed by atoms with Gasteiger partial charge in [-0.15, -0.1) is 5.10 Å². The van der Waals surface area contributed by atoms with Crippen LogP contribution in [0.5, 0.6) is 0 Å². The first-order chi connectivity index (χ1) is 13.5. The molecular formula is C19H18N8O. The number of benzene rings is 1. The molecule has 1 aromatic carbocycles. The number of nitrogens with zero attached hydrogens (tertiary/aromatic N) is 7. The van der Waals surface area contributed by atoms with Gasteiger partial charge in [-0.1, -0.05) is 17.3 Å². The van der Waals surface area contributed by atoms with E-state index >= 15 is 0 Å². The summed E-state index contributed by atoms with van der Waals surface area (Å²) in [6.07, 6.45) is 3.34. The first kappa shape index (κ1) is 16.5. The smallest absolute Gasteiger partial charge is 0.323 e. The van der Waals surface area contributed by atoms with Crippen molar-refractivity contribution in [2.75, 3.05) is 11.4 Å². The van der Waals surface area contributed by atoms with Crippen LogP contribution >= 0.6 is 0 Å². The van der Waals surface area contributed by atoms with Crippen molar-refractivity contribution in [3.63, 3.8) is 0 Å². The molecule has 0 saturated carbocycles. The minimum absolute atomic E-state index is 0.181. The highest BCUT2D eigenvalue weighted by atomic mass is 16.2. The maximum Gasteiger partial charge on any atom is 0.323 e. The van der Waals surface area contributed by atoms with Crippen LogP contribution in [-0.4, -0.2) is 48.1 Å². The number of rotatable bonds is 3. The van der Waals surface area contributed by atoms with E-state index in [1.807, 2.05) is 38.1 Å². The largest absolute Gasteiger partial charge is 0.331 e. The third-order valence-corrected chi connectivity index (χ3v) is 4.73. The summed E-state index contributed by atoms with van der Waals surface area (Å²) in [5, 5.41) is 12.3. The van der Waals surface area contributed by atoms with E-state index < -0.39 is 0 Å². The number of amides is 2. The van der Waals surface area contributed by atoms with E-state index in [0.717, 1.165) is 16.5 Å². The minimum atomic E-state index is -0.314. The molecule has 9 nitrogen and oxygen atoms in total. The highest BCUT2D eigenvalue weighted by molar-refractivity contribution is 5.94. The number of pyridine rings is 1. The second-order valence-corrected chi connectivity index (χ2v) is 7.55. The SMILES string of the molecule is CC1(C)CN(c2cnc3nnn(Cc4ccc5ncccc5c4)c3n2)C(=O)N1. The first-order valence-corrected chi connectivity index (χ1v) is 8.98. The molecule has 1 fully saturated rings. The molecule has 0 aliphatic carbocycles. The number of nitrogens with one attached hydrogen (secondary N) is 1. The average Bonchev–Trinajstić information content (AvgIpc) is 3.20. The lowest BCUT2D eigenvalue weighted by molar-refractivity contribution is 0.248. The number of hydrogen-bond donors (Lipinski definition) is 1. The molecule has 9 heteroatoms. The van der Waals surface area contributed by atoms with Gasteiger partial charge in [0.25, 0.3) is 0 Å². The van der Waals surface area contributed by atoms with Crippen LogP contribution in [0.3, 0.4) is 0 Å². The van der Waals surface area contributed by atoms with Crippen LogP contribution < -0.4 is 10.2 Å². The van der Waals surface area contributed by atoms with E-state index in [2.05, 4.69) is 36.6 Å². The van der Waals surface area contributed by atoms with Crippen molar-refractivity contribution in [2.24, 2.45) is 0 Å². The number of carbonyl (C=O) groups is 1. The summed E-state index contributed by atoms with van der Waals surface area (Å²) in [5.74, 6) is 0.488. The van der Waals surface area contributed by atoms with Gasteiger partial charge in [-0.2, -0.15) is 0 Å². The van der Waals surface area contributed by atoms with Crippen LogP contribution in [0, 0.1) is 0 Å². The van der Waals surface area contributed by atoms with Gasteiger partial charge in [0.15, 0.2) is 11.5 Å². The van der Waals surface area contributed by atoms with Crippen LogP contribution in [0.25, 0.3) is 22.2 Å². The zero-order valence-electron chi connectivity index (χ0n) is 15.5.